The molecule has 0 spiro atoms. The van der Waals surface area contributed by atoms with Gasteiger partial charge in [0.15, 0.2) is 0 Å². The van der Waals surface area contributed by atoms with Gasteiger partial charge in [0, 0.05) is 12.4 Å². The van der Waals surface area contributed by atoms with Gasteiger partial charge in [-0.1, -0.05) is 19.9 Å². The van der Waals surface area contributed by atoms with Gasteiger partial charge < -0.3 is 5.32 Å². The Morgan fingerprint density at radius 3 is 2.60 bits per heavy atom. The molecule has 0 aliphatic carbocycles. The van der Waals surface area contributed by atoms with Crippen molar-refractivity contribution in [2.45, 2.75) is 26.3 Å². The second kappa shape index (κ2) is 7.35. The van der Waals surface area contributed by atoms with Gasteiger partial charge in [0.05, 0.1) is 18.8 Å². The third kappa shape index (κ3) is 6.63. The van der Waals surface area contributed by atoms with Crippen molar-refractivity contribution in [1.82, 2.24) is 15.0 Å². The molecule has 1 aromatic rings. The van der Waals surface area contributed by atoms with E-state index in [-0.39, 0.29) is 18.5 Å². The van der Waals surface area contributed by atoms with Crippen molar-refractivity contribution in [1.29, 1.82) is 0 Å². The molecule has 112 valence electrons. The number of carbonyl (C=O) groups excluding carboxylic acids is 1. The third-order valence-corrected chi connectivity index (χ3v) is 3.29. The summed E-state index contributed by atoms with van der Waals surface area (Å²) in [5, 5.41) is 2.83. The molecule has 0 fully saturated rings. The van der Waals surface area contributed by atoms with E-state index in [1.54, 1.807) is 12.4 Å². The molecule has 1 amide bonds. The van der Waals surface area contributed by atoms with Crippen LogP contribution in [0.25, 0.3) is 0 Å². The fourth-order valence-corrected chi connectivity index (χ4v) is 2.17. The molecule has 0 bridgehead atoms. The Morgan fingerprint density at radius 2 is 2.10 bits per heavy atom. The molecule has 0 radical (unpaired) electrons. The highest BCUT2D eigenvalue weighted by atomic mass is 32.2. The zero-order valence-corrected chi connectivity index (χ0v) is 12.8. The molecule has 2 N–H and O–H groups in total. The van der Waals surface area contributed by atoms with Crippen LogP contribution in [0.4, 0.5) is 0 Å². The van der Waals surface area contributed by atoms with Crippen LogP contribution >= 0.6 is 0 Å². The minimum atomic E-state index is -3.37. The van der Waals surface area contributed by atoms with E-state index in [0.29, 0.717) is 5.92 Å². The van der Waals surface area contributed by atoms with Crippen molar-refractivity contribution < 1.29 is 13.2 Å². The van der Waals surface area contributed by atoms with Gasteiger partial charge in [-0.2, -0.15) is 0 Å². The number of carbonyl (C=O) groups is 1. The van der Waals surface area contributed by atoms with Crippen LogP contribution in [-0.4, -0.2) is 32.1 Å². The van der Waals surface area contributed by atoms with Crippen molar-refractivity contribution >= 4 is 15.9 Å². The maximum absolute atomic E-state index is 11.8. The van der Waals surface area contributed by atoms with Gasteiger partial charge in [-0.15, -0.1) is 0 Å². The average Bonchev–Trinajstić information content (AvgIpc) is 2.35. The molecular formula is C13H21N3O3S. The van der Waals surface area contributed by atoms with Crippen LogP contribution in [0, 0.1) is 5.92 Å². The van der Waals surface area contributed by atoms with Crippen molar-refractivity contribution in [3.05, 3.63) is 30.1 Å². The van der Waals surface area contributed by atoms with E-state index in [4.69, 9.17) is 0 Å². The molecule has 6 nitrogen and oxygen atoms in total. The first-order valence-electron chi connectivity index (χ1n) is 6.42. The van der Waals surface area contributed by atoms with Crippen molar-refractivity contribution in [3.63, 3.8) is 0 Å². The van der Waals surface area contributed by atoms with Crippen molar-refractivity contribution in [2.24, 2.45) is 5.92 Å². The minimum Gasteiger partial charge on any atom is -0.348 e. The zero-order valence-electron chi connectivity index (χ0n) is 12.0. The van der Waals surface area contributed by atoms with Crippen LogP contribution in [0.3, 0.4) is 0 Å². The predicted octanol–water partition coefficient (Wildman–Crippen LogP) is 0.834. The van der Waals surface area contributed by atoms with Gasteiger partial charge in [0.2, 0.25) is 15.9 Å². The van der Waals surface area contributed by atoms with Crippen LogP contribution in [0.5, 0.6) is 0 Å². The summed E-state index contributed by atoms with van der Waals surface area (Å²) in [5.41, 5.74) is 0.911. The molecule has 20 heavy (non-hydrogen) atoms. The molecule has 0 unspecified atom stereocenters. The summed E-state index contributed by atoms with van der Waals surface area (Å²) in [6.07, 6.45) is 5.16. The summed E-state index contributed by atoms with van der Waals surface area (Å²) >= 11 is 0. The van der Waals surface area contributed by atoms with E-state index in [0.717, 1.165) is 18.2 Å². The van der Waals surface area contributed by atoms with Crippen LogP contribution in [0.15, 0.2) is 24.5 Å². The normalized spacial score (nSPS) is 13.2. The summed E-state index contributed by atoms with van der Waals surface area (Å²) < 4.78 is 24.1. The Bertz CT molecular complexity index is 529. The third-order valence-electron chi connectivity index (χ3n) is 2.62. The van der Waals surface area contributed by atoms with E-state index < -0.39 is 10.0 Å². The molecular weight excluding hydrogens is 278 g/mol. The first-order valence-corrected chi connectivity index (χ1v) is 8.31. The maximum Gasteiger partial charge on any atom is 0.235 e. The first kappa shape index (κ1) is 16.6. The van der Waals surface area contributed by atoms with Crippen LogP contribution in [0.2, 0.25) is 0 Å². The average molecular weight is 299 g/mol. The number of hydrogen-bond acceptors (Lipinski definition) is 4. The second-order valence-electron chi connectivity index (χ2n) is 5.13. The number of pyridine rings is 1. The van der Waals surface area contributed by atoms with Crippen LogP contribution in [-0.2, 0) is 14.8 Å². The Balaban J connectivity index is 2.68. The zero-order chi connectivity index (χ0) is 15.2. The SMILES string of the molecule is CC(C)C[C@H](NC(=O)CNS(C)(=O)=O)c1cccnc1. The molecule has 1 aromatic heterocycles. The molecule has 0 saturated heterocycles. The highest BCUT2D eigenvalue weighted by Crippen LogP contribution is 2.20. The quantitative estimate of drug-likeness (QED) is 0.780. The summed E-state index contributed by atoms with van der Waals surface area (Å²) in [6.45, 7) is 3.86. The van der Waals surface area contributed by atoms with E-state index in [1.165, 1.54) is 0 Å². The molecule has 7 heteroatoms. The van der Waals surface area contributed by atoms with Gasteiger partial charge in [0.25, 0.3) is 0 Å². The molecule has 1 atom stereocenters. The van der Waals surface area contributed by atoms with Crippen LogP contribution in [0.1, 0.15) is 31.9 Å². The topological polar surface area (TPSA) is 88.2 Å². The van der Waals surface area contributed by atoms with Crippen LogP contribution < -0.4 is 10.0 Å². The monoisotopic (exact) mass is 299 g/mol. The Labute approximate surface area is 120 Å². The van der Waals surface area contributed by atoms with E-state index >= 15 is 0 Å². The number of aromatic nitrogens is 1. The van der Waals surface area contributed by atoms with Gasteiger partial charge in [-0.3, -0.25) is 9.78 Å². The molecule has 0 saturated carbocycles. The Morgan fingerprint density at radius 1 is 1.40 bits per heavy atom. The highest BCUT2D eigenvalue weighted by Gasteiger charge is 2.17. The fraction of sp³-hybridized carbons (Fsp3) is 0.538. The Kier molecular flexibility index (Phi) is 6.09. The smallest absolute Gasteiger partial charge is 0.235 e. The maximum atomic E-state index is 11.8. The number of nitrogens with zero attached hydrogens (tertiary/aromatic N) is 1. The van der Waals surface area contributed by atoms with Crippen molar-refractivity contribution in [3.8, 4) is 0 Å². The summed E-state index contributed by atoms with van der Waals surface area (Å²) in [4.78, 5) is 15.8. The van der Waals surface area contributed by atoms with Gasteiger partial charge >= 0.3 is 0 Å². The summed E-state index contributed by atoms with van der Waals surface area (Å²) in [7, 11) is -3.37. The lowest BCUT2D eigenvalue weighted by Gasteiger charge is -2.20. The van der Waals surface area contributed by atoms with E-state index in [1.807, 2.05) is 12.1 Å². The van der Waals surface area contributed by atoms with Gasteiger partial charge in [0.1, 0.15) is 0 Å². The second-order valence-corrected chi connectivity index (χ2v) is 6.96. The van der Waals surface area contributed by atoms with E-state index in [9.17, 15) is 13.2 Å². The summed E-state index contributed by atoms with van der Waals surface area (Å²) in [6, 6.07) is 3.53. The van der Waals surface area contributed by atoms with Gasteiger partial charge in [-0.05, 0) is 24.0 Å². The molecule has 1 rings (SSSR count). The number of amides is 1. The minimum absolute atomic E-state index is 0.169. The van der Waals surface area contributed by atoms with E-state index in [2.05, 4.69) is 28.9 Å². The first-order chi connectivity index (χ1) is 9.28. The lowest BCUT2D eigenvalue weighted by atomic mass is 9.98. The predicted molar refractivity (Wildman–Crippen MR) is 77.4 cm³/mol. The number of sulfonamides is 1. The number of hydrogen-bond donors (Lipinski definition) is 2. The molecule has 1 heterocycles. The molecule has 0 aromatic carbocycles. The largest absolute Gasteiger partial charge is 0.348 e. The molecule has 0 aliphatic heterocycles. The number of nitrogens with one attached hydrogen (secondary N) is 2. The highest BCUT2D eigenvalue weighted by molar-refractivity contribution is 7.88. The Hall–Kier alpha value is -1.47. The fourth-order valence-electron chi connectivity index (χ4n) is 1.77. The number of rotatable bonds is 7. The van der Waals surface area contributed by atoms with Crippen molar-refractivity contribution in [2.75, 3.05) is 12.8 Å². The molecule has 0 aliphatic rings. The summed E-state index contributed by atoms with van der Waals surface area (Å²) in [5.74, 6) is 0.0355. The lowest BCUT2D eigenvalue weighted by Crippen LogP contribution is -2.38. The lowest BCUT2D eigenvalue weighted by molar-refractivity contribution is -0.120. The van der Waals surface area contributed by atoms with Gasteiger partial charge in [-0.25, -0.2) is 13.1 Å². The standard InChI is InChI=1S/C13H21N3O3S/c1-10(2)7-12(11-5-4-6-14-8-11)16-13(17)9-15-20(3,18)19/h4-6,8,10,12,15H,7,9H2,1-3H3,(H,16,17)/t12-/m0/s1.